The maximum Gasteiger partial charge on any atom is 0.303 e. The van der Waals surface area contributed by atoms with E-state index in [0.717, 1.165) is 31.5 Å². The van der Waals surface area contributed by atoms with Gasteiger partial charge in [-0.15, -0.1) is 0 Å². The Morgan fingerprint density at radius 3 is 2.12 bits per heavy atom. The molecule has 4 aliphatic rings. The van der Waals surface area contributed by atoms with Crippen molar-refractivity contribution in [2.45, 2.75) is 106 Å². The Labute approximate surface area is 202 Å². The van der Waals surface area contributed by atoms with Crippen molar-refractivity contribution in [3.05, 3.63) is 12.2 Å². The molecule has 186 valence electrons. The molecule has 0 heterocycles. The first-order valence-electron chi connectivity index (χ1n) is 13.5. The molecule has 1 N–H and O–H groups in total. The average molecular weight is 457 g/mol. The van der Waals surface area contributed by atoms with Crippen LogP contribution >= 0.6 is 0 Å². The monoisotopic (exact) mass is 456 g/mol. The Balaban J connectivity index is 1.76. The summed E-state index contributed by atoms with van der Waals surface area (Å²) in [5.74, 6) is 1.87. The second kappa shape index (κ2) is 7.69. The van der Waals surface area contributed by atoms with Crippen LogP contribution in [0.3, 0.4) is 0 Å². The number of aldehydes is 1. The van der Waals surface area contributed by atoms with Crippen LogP contribution in [0.2, 0.25) is 0 Å². The molecule has 0 saturated heterocycles. The largest absolute Gasteiger partial charge is 0.481 e. The van der Waals surface area contributed by atoms with Crippen LogP contribution < -0.4 is 0 Å². The summed E-state index contributed by atoms with van der Waals surface area (Å²) in [5.41, 5.74) is 1.23. The molecule has 3 nitrogen and oxygen atoms in total. The number of carbonyl (C=O) groups is 2. The molecular weight excluding hydrogens is 408 g/mol. The van der Waals surface area contributed by atoms with Gasteiger partial charge in [-0.2, -0.15) is 0 Å². The predicted octanol–water partition coefficient (Wildman–Crippen LogP) is 7.54. The number of allylic oxidation sites excluding steroid dienone is 1. The van der Waals surface area contributed by atoms with E-state index < -0.39 is 11.4 Å². The highest BCUT2D eigenvalue weighted by molar-refractivity contribution is 5.68. The molecule has 0 aromatic rings. The van der Waals surface area contributed by atoms with Crippen molar-refractivity contribution < 1.29 is 14.7 Å². The number of carboxylic acids is 1. The van der Waals surface area contributed by atoms with Gasteiger partial charge in [0.1, 0.15) is 6.29 Å². The molecule has 4 aliphatic carbocycles. The van der Waals surface area contributed by atoms with Crippen LogP contribution in [0.15, 0.2) is 12.2 Å². The zero-order valence-electron chi connectivity index (χ0n) is 22.3. The lowest BCUT2D eigenvalue weighted by molar-refractivity contribution is -0.233. The summed E-state index contributed by atoms with van der Waals surface area (Å²) >= 11 is 0. The maximum atomic E-state index is 12.2. The topological polar surface area (TPSA) is 54.4 Å². The van der Waals surface area contributed by atoms with E-state index in [4.69, 9.17) is 0 Å². The summed E-state index contributed by atoms with van der Waals surface area (Å²) in [6, 6.07) is 0. The van der Waals surface area contributed by atoms with Gasteiger partial charge < -0.3 is 9.90 Å². The first-order valence-corrected chi connectivity index (χ1v) is 13.5. The molecule has 0 radical (unpaired) electrons. The van der Waals surface area contributed by atoms with Crippen LogP contribution in [-0.2, 0) is 9.59 Å². The Morgan fingerprint density at radius 2 is 1.55 bits per heavy atom. The molecule has 0 amide bonds. The van der Waals surface area contributed by atoms with Crippen molar-refractivity contribution >= 4 is 12.3 Å². The van der Waals surface area contributed by atoms with Gasteiger partial charge in [-0.3, -0.25) is 4.79 Å². The van der Waals surface area contributed by atoms with Gasteiger partial charge >= 0.3 is 5.97 Å². The summed E-state index contributed by atoms with van der Waals surface area (Å²) < 4.78 is 0. The normalized spacial score (nSPS) is 49.5. The van der Waals surface area contributed by atoms with E-state index >= 15 is 0 Å². The van der Waals surface area contributed by atoms with E-state index in [0.29, 0.717) is 23.2 Å². The minimum atomic E-state index is -0.712. The summed E-state index contributed by atoms with van der Waals surface area (Å²) in [6.45, 7) is 20.6. The Hall–Kier alpha value is -1.12. The van der Waals surface area contributed by atoms with Crippen LogP contribution in [0.4, 0.5) is 0 Å². The molecule has 9 atom stereocenters. The minimum absolute atomic E-state index is 0.114. The van der Waals surface area contributed by atoms with Gasteiger partial charge in [0.25, 0.3) is 0 Å². The highest BCUT2D eigenvalue weighted by Crippen LogP contribution is 2.77. The SMILES string of the molecule is C=C(C)[C@@H]1CC[C@@]2(C)C1CC[C@]1(C)C2CCC2[C@@](C)(CC(=O)O)C(C(C)(C)C=O)CC[C@]21C. The lowest BCUT2D eigenvalue weighted by Gasteiger charge is -2.72. The fourth-order valence-electron chi connectivity index (χ4n) is 11.0. The average Bonchev–Trinajstić information content (AvgIpc) is 3.05. The molecule has 3 heteroatoms. The summed E-state index contributed by atoms with van der Waals surface area (Å²) in [6.07, 6.45) is 10.8. The van der Waals surface area contributed by atoms with Gasteiger partial charge in [-0.05, 0) is 110 Å². The lowest BCUT2D eigenvalue weighted by atomic mass is 9.33. The summed E-state index contributed by atoms with van der Waals surface area (Å²) in [7, 11) is 0. The molecule has 4 rings (SSSR count). The molecule has 0 spiro atoms. The van der Waals surface area contributed by atoms with Gasteiger partial charge in [0.05, 0.1) is 6.42 Å². The van der Waals surface area contributed by atoms with Gasteiger partial charge in [0.15, 0.2) is 0 Å². The Kier molecular flexibility index (Phi) is 5.82. The van der Waals surface area contributed by atoms with E-state index in [-0.39, 0.29) is 28.6 Å². The molecule has 4 unspecified atom stereocenters. The molecule has 0 aromatic heterocycles. The first kappa shape index (κ1) is 25.0. The first-order chi connectivity index (χ1) is 15.2. The molecular formula is C30H48O3. The van der Waals surface area contributed by atoms with E-state index in [1.807, 2.05) is 13.8 Å². The van der Waals surface area contributed by atoms with Crippen LogP contribution in [0, 0.1) is 56.7 Å². The van der Waals surface area contributed by atoms with Crippen molar-refractivity contribution in [2.75, 3.05) is 0 Å². The molecule has 4 fully saturated rings. The van der Waals surface area contributed by atoms with E-state index in [2.05, 4.69) is 41.2 Å². The maximum absolute atomic E-state index is 12.2. The second-order valence-corrected chi connectivity index (χ2v) is 14.3. The highest BCUT2D eigenvalue weighted by atomic mass is 16.4. The standard InChI is InChI=1S/C30H48O3/c1-19(2)20-11-14-27(5)21(20)12-15-29(7)23(27)9-10-24-28(6,17-25(32)33)22(26(3,4)18-31)13-16-30(24,29)8/h18,20-24H,1,9-17H2,2-8H3,(H,32,33)/t20-,21?,22?,23?,24?,27-,28-,29+,30+/m0/s1. The van der Waals surface area contributed by atoms with Crippen LogP contribution in [0.25, 0.3) is 0 Å². The second-order valence-electron chi connectivity index (χ2n) is 14.3. The minimum Gasteiger partial charge on any atom is -0.481 e. The number of aliphatic carboxylic acids is 1. The molecule has 0 aliphatic heterocycles. The molecule has 0 bridgehead atoms. The zero-order chi connectivity index (χ0) is 24.6. The third-order valence-corrected chi connectivity index (χ3v) is 12.6. The van der Waals surface area contributed by atoms with Crippen LogP contribution in [-0.4, -0.2) is 17.4 Å². The molecule has 4 saturated carbocycles. The quantitative estimate of drug-likeness (QED) is 0.343. The van der Waals surface area contributed by atoms with Crippen molar-refractivity contribution in [3.8, 4) is 0 Å². The molecule has 33 heavy (non-hydrogen) atoms. The number of fused-ring (bicyclic) bond motifs is 5. The Bertz CT molecular complexity index is 843. The van der Waals surface area contributed by atoms with E-state index in [1.165, 1.54) is 37.7 Å². The van der Waals surface area contributed by atoms with Crippen LogP contribution in [0.1, 0.15) is 106 Å². The van der Waals surface area contributed by atoms with Crippen LogP contribution in [0.5, 0.6) is 0 Å². The fraction of sp³-hybridized carbons (Fsp3) is 0.867. The van der Waals surface area contributed by atoms with Crippen molar-refractivity contribution in [1.82, 2.24) is 0 Å². The number of hydrogen-bond acceptors (Lipinski definition) is 2. The van der Waals surface area contributed by atoms with Gasteiger partial charge in [-0.1, -0.05) is 53.7 Å². The van der Waals surface area contributed by atoms with Gasteiger partial charge in [0.2, 0.25) is 0 Å². The number of rotatable bonds is 5. The third kappa shape index (κ3) is 3.26. The summed E-state index contributed by atoms with van der Waals surface area (Å²) in [4.78, 5) is 24.3. The van der Waals surface area contributed by atoms with Crippen molar-refractivity contribution in [2.24, 2.45) is 56.7 Å². The number of hydrogen-bond donors (Lipinski definition) is 1. The number of carbonyl (C=O) groups excluding carboxylic acids is 1. The highest BCUT2D eigenvalue weighted by Gasteiger charge is 2.70. The van der Waals surface area contributed by atoms with Gasteiger partial charge in [0, 0.05) is 5.41 Å². The van der Waals surface area contributed by atoms with E-state index in [1.54, 1.807) is 0 Å². The van der Waals surface area contributed by atoms with Crippen molar-refractivity contribution in [3.63, 3.8) is 0 Å². The lowest BCUT2D eigenvalue weighted by Crippen LogP contribution is -2.65. The third-order valence-electron chi connectivity index (χ3n) is 12.6. The predicted molar refractivity (Wildman–Crippen MR) is 134 cm³/mol. The summed E-state index contributed by atoms with van der Waals surface area (Å²) in [5, 5.41) is 10.0. The smallest absolute Gasteiger partial charge is 0.303 e. The number of carboxylic acid groups (broad SMARTS) is 1. The molecule has 0 aromatic carbocycles. The van der Waals surface area contributed by atoms with Crippen molar-refractivity contribution in [1.29, 1.82) is 0 Å². The van der Waals surface area contributed by atoms with Gasteiger partial charge in [-0.25, -0.2) is 0 Å². The van der Waals surface area contributed by atoms with E-state index in [9.17, 15) is 14.7 Å². The fourth-order valence-corrected chi connectivity index (χ4v) is 11.0. The Morgan fingerprint density at radius 1 is 0.970 bits per heavy atom. The zero-order valence-corrected chi connectivity index (χ0v) is 22.3.